The van der Waals surface area contributed by atoms with Crippen molar-refractivity contribution in [2.45, 2.75) is 32.1 Å². The molecule has 3 heterocycles. The molecule has 0 bridgehead atoms. The van der Waals surface area contributed by atoms with Crippen LogP contribution in [-0.2, 0) is 4.79 Å². The lowest BCUT2D eigenvalue weighted by molar-refractivity contribution is -0.128. The normalized spacial score (nSPS) is 19.6. The number of likely N-dealkylation sites (tertiary alicyclic amines) is 1. The van der Waals surface area contributed by atoms with Crippen LogP contribution in [0.25, 0.3) is 0 Å². The van der Waals surface area contributed by atoms with Gasteiger partial charge in [-0.1, -0.05) is 5.16 Å². The SMILES string of the molecule is CC(=O)N1CCCN(C(=O)c2cc(C3CCCN(C(=O)c4ccc(F)cc4)C3)no2)CC1. The summed E-state index contributed by atoms with van der Waals surface area (Å²) in [5, 5.41) is 4.13. The molecule has 170 valence electrons. The molecule has 9 heteroatoms. The lowest BCUT2D eigenvalue weighted by Crippen LogP contribution is -2.39. The van der Waals surface area contributed by atoms with Crippen LogP contribution in [0.15, 0.2) is 34.9 Å². The van der Waals surface area contributed by atoms with Crippen molar-refractivity contribution in [2.24, 2.45) is 0 Å². The molecule has 2 fully saturated rings. The lowest BCUT2D eigenvalue weighted by atomic mass is 9.94. The Morgan fingerprint density at radius 2 is 1.62 bits per heavy atom. The number of aromatic nitrogens is 1. The largest absolute Gasteiger partial charge is 0.351 e. The molecule has 1 aromatic carbocycles. The predicted molar refractivity (Wildman–Crippen MR) is 114 cm³/mol. The van der Waals surface area contributed by atoms with E-state index >= 15 is 0 Å². The van der Waals surface area contributed by atoms with Crippen molar-refractivity contribution in [2.75, 3.05) is 39.3 Å². The number of halogens is 1. The molecule has 1 atom stereocenters. The maximum absolute atomic E-state index is 13.2. The van der Waals surface area contributed by atoms with Crippen molar-refractivity contribution in [3.63, 3.8) is 0 Å². The van der Waals surface area contributed by atoms with Crippen LogP contribution in [0.5, 0.6) is 0 Å². The molecular formula is C23H27FN4O4. The Kier molecular flexibility index (Phi) is 6.53. The second-order valence-corrected chi connectivity index (χ2v) is 8.37. The van der Waals surface area contributed by atoms with Gasteiger partial charge in [0, 0.05) is 63.7 Å². The summed E-state index contributed by atoms with van der Waals surface area (Å²) in [4.78, 5) is 42.5. The minimum atomic E-state index is -0.378. The molecule has 4 rings (SSSR count). The fraction of sp³-hybridized carbons (Fsp3) is 0.478. The molecule has 2 aliphatic heterocycles. The predicted octanol–water partition coefficient (Wildman–Crippen LogP) is 2.53. The minimum Gasteiger partial charge on any atom is -0.351 e. The highest BCUT2D eigenvalue weighted by molar-refractivity contribution is 5.94. The van der Waals surface area contributed by atoms with Gasteiger partial charge >= 0.3 is 0 Å². The summed E-state index contributed by atoms with van der Waals surface area (Å²) in [5.74, 6) is -0.595. The first-order chi connectivity index (χ1) is 15.4. The zero-order valence-electron chi connectivity index (χ0n) is 18.1. The van der Waals surface area contributed by atoms with Crippen molar-refractivity contribution in [3.05, 3.63) is 53.2 Å². The number of nitrogens with zero attached hydrogens (tertiary/aromatic N) is 4. The standard InChI is InChI=1S/C23H27FN4O4/c1-16(29)26-10-3-11-27(13-12-26)23(31)21-14-20(25-32-21)18-4-2-9-28(15-18)22(30)17-5-7-19(24)8-6-17/h5-8,14,18H,2-4,9-13,15H2,1H3. The Balaban J connectivity index is 1.40. The number of amides is 3. The van der Waals surface area contributed by atoms with Crippen molar-refractivity contribution in [3.8, 4) is 0 Å². The van der Waals surface area contributed by atoms with Gasteiger partial charge in [-0.15, -0.1) is 0 Å². The van der Waals surface area contributed by atoms with E-state index in [9.17, 15) is 18.8 Å². The Morgan fingerprint density at radius 3 is 2.38 bits per heavy atom. The fourth-order valence-electron chi connectivity index (χ4n) is 4.35. The van der Waals surface area contributed by atoms with Gasteiger partial charge in [-0.2, -0.15) is 0 Å². The number of carbonyl (C=O) groups excluding carboxylic acids is 3. The van der Waals surface area contributed by atoms with Gasteiger partial charge in [0.15, 0.2) is 0 Å². The summed E-state index contributed by atoms with van der Waals surface area (Å²) in [7, 11) is 0. The average Bonchev–Trinajstić information content (AvgIpc) is 3.16. The highest BCUT2D eigenvalue weighted by Gasteiger charge is 2.30. The Labute approximate surface area is 185 Å². The number of benzene rings is 1. The van der Waals surface area contributed by atoms with Gasteiger partial charge in [0.2, 0.25) is 11.7 Å². The van der Waals surface area contributed by atoms with Crippen LogP contribution in [0.1, 0.15) is 58.7 Å². The maximum Gasteiger partial charge on any atom is 0.292 e. The van der Waals surface area contributed by atoms with Gasteiger partial charge < -0.3 is 19.2 Å². The van der Waals surface area contributed by atoms with E-state index in [1.165, 1.54) is 31.2 Å². The van der Waals surface area contributed by atoms with Gasteiger partial charge in [-0.3, -0.25) is 14.4 Å². The molecule has 3 amide bonds. The molecule has 0 aliphatic carbocycles. The number of hydrogen-bond donors (Lipinski definition) is 0. The molecule has 1 unspecified atom stereocenters. The number of hydrogen-bond acceptors (Lipinski definition) is 5. The molecule has 2 saturated heterocycles. The van der Waals surface area contributed by atoms with E-state index in [4.69, 9.17) is 4.52 Å². The van der Waals surface area contributed by atoms with Crippen LogP contribution in [-0.4, -0.2) is 76.8 Å². The summed E-state index contributed by atoms with van der Waals surface area (Å²) >= 11 is 0. The average molecular weight is 442 g/mol. The molecule has 0 saturated carbocycles. The number of carbonyl (C=O) groups is 3. The molecular weight excluding hydrogens is 415 g/mol. The summed E-state index contributed by atoms with van der Waals surface area (Å²) < 4.78 is 18.5. The molecule has 0 N–H and O–H groups in total. The second kappa shape index (κ2) is 9.50. The van der Waals surface area contributed by atoms with Crippen molar-refractivity contribution in [1.82, 2.24) is 19.9 Å². The zero-order valence-corrected chi connectivity index (χ0v) is 18.1. The number of piperidine rings is 1. The first kappa shape index (κ1) is 22.0. The van der Waals surface area contributed by atoms with Gasteiger partial charge in [-0.05, 0) is 43.5 Å². The number of rotatable bonds is 3. The molecule has 0 spiro atoms. The van der Waals surface area contributed by atoms with Crippen LogP contribution in [0.2, 0.25) is 0 Å². The third kappa shape index (κ3) is 4.81. The topological polar surface area (TPSA) is 87.0 Å². The van der Waals surface area contributed by atoms with E-state index in [1.54, 1.807) is 20.8 Å². The highest BCUT2D eigenvalue weighted by Crippen LogP contribution is 2.28. The molecule has 1 aromatic heterocycles. The molecule has 0 radical (unpaired) electrons. The van der Waals surface area contributed by atoms with Crippen molar-refractivity contribution < 1.29 is 23.3 Å². The smallest absolute Gasteiger partial charge is 0.292 e. The zero-order chi connectivity index (χ0) is 22.7. The lowest BCUT2D eigenvalue weighted by Gasteiger charge is -2.31. The van der Waals surface area contributed by atoms with Gasteiger partial charge in [0.25, 0.3) is 11.8 Å². The van der Waals surface area contributed by atoms with Gasteiger partial charge in [0.1, 0.15) is 5.82 Å². The summed E-state index contributed by atoms with van der Waals surface area (Å²) in [6, 6.07) is 7.21. The van der Waals surface area contributed by atoms with Crippen LogP contribution < -0.4 is 0 Å². The minimum absolute atomic E-state index is 0.0123. The van der Waals surface area contributed by atoms with Crippen LogP contribution in [0, 0.1) is 5.82 Å². The Bertz CT molecular complexity index is 990. The molecule has 2 aromatic rings. The Hall–Kier alpha value is -3.23. The third-order valence-corrected chi connectivity index (χ3v) is 6.19. The summed E-state index contributed by atoms with van der Waals surface area (Å²) in [5.41, 5.74) is 1.11. The summed E-state index contributed by atoms with van der Waals surface area (Å²) in [6.45, 7) is 4.78. The monoisotopic (exact) mass is 442 g/mol. The highest BCUT2D eigenvalue weighted by atomic mass is 19.1. The van der Waals surface area contributed by atoms with E-state index in [1.807, 2.05) is 0 Å². The van der Waals surface area contributed by atoms with E-state index in [0.29, 0.717) is 50.5 Å². The van der Waals surface area contributed by atoms with Crippen molar-refractivity contribution in [1.29, 1.82) is 0 Å². The van der Waals surface area contributed by atoms with E-state index in [2.05, 4.69) is 5.16 Å². The first-order valence-corrected chi connectivity index (χ1v) is 11.0. The molecule has 2 aliphatic rings. The van der Waals surface area contributed by atoms with Crippen LogP contribution in [0.4, 0.5) is 4.39 Å². The van der Waals surface area contributed by atoms with Crippen molar-refractivity contribution >= 4 is 17.7 Å². The van der Waals surface area contributed by atoms with E-state index in [-0.39, 0.29) is 35.2 Å². The molecule has 32 heavy (non-hydrogen) atoms. The quantitative estimate of drug-likeness (QED) is 0.729. The van der Waals surface area contributed by atoms with Gasteiger partial charge in [0.05, 0.1) is 5.69 Å². The summed E-state index contributed by atoms with van der Waals surface area (Å²) in [6.07, 6.45) is 2.36. The van der Waals surface area contributed by atoms with E-state index in [0.717, 1.165) is 19.3 Å². The second-order valence-electron chi connectivity index (χ2n) is 8.37. The molecule has 8 nitrogen and oxygen atoms in total. The Morgan fingerprint density at radius 1 is 0.938 bits per heavy atom. The van der Waals surface area contributed by atoms with E-state index < -0.39 is 0 Å². The van der Waals surface area contributed by atoms with Gasteiger partial charge in [-0.25, -0.2) is 4.39 Å². The van der Waals surface area contributed by atoms with Crippen LogP contribution in [0.3, 0.4) is 0 Å². The third-order valence-electron chi connectivity index (χ3n) is 6.19. The van der Waals surface area contributed by atoms with Crippen LogP contribution >= 0.6 is 0 Å². The first-order valence-electron chi connectivity index (χ1n) is 11.0. The fourth-order valence-corrected chi connectivity index (χ4v) is 4.35. The maximum atomic E-state index is 13.2.